The van der Waals surface area contributed by atoms with E-state index in [0.717, 1.165) is 123 Å². The van der Waals surface area contributed by atoms with Gasteiger partial charge in [0.15, 0.2) is 5.60 Å². The molecule has 4 fully saturated rings. The first-order valence-electron chi connectivity index (χ1n) is 46.4. The molecule has 3 aromatic carbocycles. The van der Waals surface area contributed by atoms with E-state index in [0.29, 0.717) is 118 Å². The van der Waals surface area contributed by atoms with E-state index in [2.05, 4.69) is 80.9 Å². The van der Waals surface area contributed by atoms with Gasteiger partial charge in [-0.2, -0.15) is 34.1 Å². The van der Waals surface area contributed by atoms with Crippen molar-refractivity contribution in [1.82, 2.24) is 89.5 Å². The number of benzene rings is 3. The van der Waals surface area contributed by atoms with Gasteiger partial charge in [-0.25, -0.2) is 35.8 Å². The van der Waals surface area contributed by atoms with Crippen molar-refractivity contribution in [3.63, 3.8) is 0 Å². The number of unbranched alkanes of at least 4 members (excludes halogenated alkanes) is 5. The number of aromatic nitrogens is 16. The lowest BCUT2D eigenvalue weighted by Gasteiger charge is -2.33. The Morgan fingerprint density at radius 2 is 0.861 bits per heavy atom. The predicted molar refractivity (Wildman–Crippen MR) is 519 cm³/mol. The quantitative estimate of drug-likeness (QED) is 0.0159. The monoisotopic (exact) mass is 2010 g/mol. The van der Waals surface area contributed by atoms with Crippen molar-refractivity contribution < 1.29 is 109 Å². The maximum Gasteiger partial charge on any atom is 0.342 e. The van der Waals surface area contributed by atoms with Crippen molar-refractivity contribution in [3.8, 4) is 91.6 Å². The van der Waals surface area contributed by atoms with Crippen LogP contribution in [-0.2, 0) is 79.9 Å². The van der Waals surface area contributed by atoms with Crippen LogP contribution in [0.3, 0.4) is 0 Å². The minimum atomic E-state index is -4.03. The Hall–Kier alpha value is -15.6. The number of nitrogens with zero attached hydrogens (tertiary/aromatic N) is 13. The summed E-state index contributed by atoms with van der Waals surface area (Å²) in [5, 5.41) is 79.6. The number of H-pyrrole nitrogens is 5. The second-order valence-electron chi connectivity index (χ2n) is 34.8. The minimum Gasteiger partial charge on any atom is -0.492 e. The first-order chi connectivity index (χ1) is 69.5. The van der Waals surface area contributed by atoms with E-state index >= 15 is 0 Å². The van der Waals surface area contributed by atoms with Gasteiger partial charge in [0.05, 0.1) is 128 Å². The van der Waals surface area contributed by atoms with Gasteiger partial charge in [0.25, 0.3) is 0 Å². The highest BCUT2D eigenvalue weighted by Crippen LogP contribution is 2.48. The molecule has 0 amide bonds. The minimum absolute atomic E-state index is 0.00720. The second kappa shape index (κ2) is 49.7. The summed E-state index contributed by atoms with van der Waals surface area (Å²) in [6.07, 6.45) is 26.7. The molecule has 1 aliphatic carbocycles. The van der Waals surface area contributed by atoms with Crippen LogP contribution < -0.4 is 28.4 Å². The Kier molecular flexibility index (Phi) is 36.0. The fraction of sp³-hybridized carbons (Fsp3) is 0.327. The Morgan fingerprint density at radius 3 is 1.25 bits per heavy atom. The van der Waals surface area contributed by atoms with Crippen LogP contribution in [0.2, 0.25) is 0 Å². The highest BCUT2D eigenvalue weighted by atomic mass is 32.2. The van der Waals surface area contributed by atoms with E-state index in [1.54, 1.807) is 149 Å². The summed E-state index contributed by atoms with van der Waals surface area (Å²) in [5.74, 6) is -2.40. The number of nitrogens with one attached hydrogen (secondary N) is 5. The molecule has 14 aromatic rings. The number of rotatable bonds is 41. The summed E-state index contributed by atoms with van der Waals surface area (Å²) in [4.78, 5) is 81.9. The highest BCUT2D eigenvalue weighted by molar-refractivity contribution is 7.89. The summed E-state index contributed by atoms with van der Waals surface area (Å²) in [6, 6.07) is 51.6. The van der Waals surface area contributed by atoms with Crippen LogP contribution in [0.1, 0.15) is 125 Å². The van der Waals surface area contributed by atoms with E-state index < -0.39 is 79.0 Å². The number of hydrogen-bond acceptors (Lipinski definition) is 28. The molecule has 0 bridgehead atoms. The third-order valence-electron chi connectivity index (χ3n) is 23.9. The molecular formula is C101H109FN18O22S2. The SMILES string of the molecule is CC(C)(COc1cc(COc2ccc(-c3ccn[nH]3)nc2)ccn1)C(=O)O.O=C(O)C1(F)CCN(S(=O)(=O)c2cccc(COc3ccc(-c4ccn[nH]4)nc3)c2)C1.O=C(O)C1(OCCCCCCCCOc2ccc(-c3ccn[nH]3)nc2)CCOCC1.O=C(O)C1CC1c1cccc(COc2ccc(-c3ccn[nH]3)nc2)c1.O=C(O)C1CCCN(S(=O)(=O)c2cccc(COc3ccc(-c4ccn[nH]4)nc3)c2)C1. The zero-order chi connectivity index (χ0) is 101. The molecule has 3 saturated heterocycles. The van der Waals surface area contributed by atoms with Gasteiger partial charge in [-0.1, -0.05) is 74.2 Å². The summed E-state index contributed by atoms with van der Waals surface area (Å²) < 4.78 is 113. The number of aliphatic carboxylic acids is 5. The maximum absolute atomic E-state index is 14.3. The summed E-state index contributed by atoms with van der Waals surface area (Å²) in [6.45, 7) is 5.72. The van der Waals surface area contributed by atoms with E-state index in [1.807, 2.05) is 91.0 Å². The van der Waals surface area contributed by atoms with Crippen LogP contribution in [0.25, 0.3) is 56.9 Å². The number of sulfonamides is 2. The normalized spacial score (nSPS) is 16.5. The van der Waals surface area contributed by atoms with Crippen molar-refractivity contribution in [2.24, 2.45) is 17.3 Å². The zero-order valence-corrected chi connectivity index (χ0v) is 80.3. The molecule has 144 heavy (non-hydrogen) atoms. The van der Waals surface area contributed by atoms with Crippen LogP contribution in [0, 0.1) is 17.3 Å². The van der Waals surface area contributed by atoms with Gasteiger partial charge in [0, 0.05) is 102 Å². The van der Waals surface area contributed by atoms with Crippen LogP contribution >= 0.6 is 0 Å². The van der Waals surface area contributed by atoms with Gasteiger partial charge >= 0.3 is 29.8 Å². The molecule has 10 N–H and O–H groups in total. The second-order valence-corrected chi connectivity index (χ2v) is 38.7. The molecule has 4 aliphatic rings. The molecule has 40 nitrogen and oxygen atoms in total. The molecule has 14 heterocycles. The number of piperidine rings is 1. The molecule has 18 rings (SSSR count). The Morgan fingerprint density at radius 1 is 0.444 bits per heavy atom. The average Bonchev–Trinajstić information content (AvgIpc) is 1.80. The molecule has 43 heteroatoms. The number of aromatic amines is 5. The Balaban J connectivity index is 0.000000143. The first-order valence-corrected chi connectivity index (χ1v) is 49.3. The molecule has 754 valence electrons. The molecule has 4 atom stereocenters. The smallest absolute Gasteiger partial charge is 0.342 e. The largest absolute Gasteiger partial charge is 0.492 e. The molecule has 11 aromatic heterocycles. The molecule has 4 unspecified atom stereocenters. The first kappa shape index (κ1) is 104. The van der Waals surface area contributed by atoms with Gasteiger partial charge < -0.3 is 63.4 Å². The molecule has 1 saturated carbocycles. The lowest BCUT2D eigenvalue weighted by atomic mass is 9.94. The average molecular weight is 2010 g/mol. The van der Waals surface area contributed by atoms with Crippen LogP contribution in [-0.4, -0.2) is 232 Å². The topological polar surface area (TPSA) is 556 Å². The van der Waals surface area contributed by atoms with Gasteiger partial charge in [0.1, 0.15) is 61.8 Å². The summed E-state index contributed by atoms with van der Waals surface area (Å²) in [5.41, 5.74) is 7.63. The van der Waals surface area contributed by atoms with E-state index in [-0.39, 0.29) is 61.0 Å². The third-order valence-corrected chi connectivity index (χ3v) is 27.6. The van der Waals surface area contributed by atoms with E-state index in [4.69, 9.17) is 53.2 Å². The van der Waals surface area contributed by atoms with Crippen molar-refractivity contribution in [1.29, 1.82) is 0 Å². The van der Waals surface area contributed by atoms with E-state index in [1.165, 1.54) is 22.5 Å². The van der Waals surface area contributed by atoms with Crippen molar-refractivity contribution in [2.75, 3.05) is 59.2 Å². The van der Waals surface area contributed by atoms with Gasteiger partial charge in [0.2, 0.25) is 31.6 Å². The lowest BCUT2D eigenvalue weighted by molar-refractivity contribution is -0.178. The number of carboxylic acids is 5. The predicted octanol–water partition coefficient (Wildman–Crippen LogP) is 14.8. The number of pyridine rings is 6. The number of halogens is 1. The van der Waals surface area contributed by atoms with Crippen molar-refractivity contribution in [2.45, 2.75) is 144 Å². The van der Waals surface area contributed by atoms with Gasteiger partial charge in [-0.3, -0.25) is 64.8 Å². The Labute approximate surface area is 827 Å². The van der Waals surface area contributed by atoms with Crippen molar-refractivity contribution >= 4 is 49.9 Å². The number of carboxylic acid groups (broad SMARTS) is 5. The van der Waals surface area contributed by atoms with Crippen LogP contribution in [0.4, 0.5) is 4.39 Å². The summed E-state index contributed by atoms with van der Waals surface area (Å²) >= 11 is 0. The third kappa shape index (κ3) is 29.3. The highest BCUT2D eigenvalue weighted by Gasteiger charge is 2.50. The number of alkyl halides is 1. The zero-order valence-electron chi connectivity index (χ0n) is 78.7. The lowest BCUT2D eigenvalue weighted by Crippen LogP contribution is -2.46. The molecule has 3 aliphatic heterocycles. The van der Waals surface area contributed by atoms with Gasteiger partial charge in [-0.15, -0.1) is 0 Å². The fourth-order valence-electron chi connectivity index (χ4n) is 15.3. The number of ether oxygens (including phenoxy) is 8. The van der Waals surface area contributed by atoms with Gasteiger partial charge in [-0.05, 0) is 201 Å². The van der Waals surface area contributed by atoms with Crippen LogP contribution in [0.5, 0.6) is 34.6 Å². The molecular weight excluding hydrogens is 1900 g/mol. The molecule has 0 spiro atoms. The fourth-order valence-corrected chi connectivity index (χ4v) is 18.5. The number of hydrogen-bond donors (Lipinski definition) is 10. The summed E-state index contributed by atoms with van der Waals surface area (Å²) in [7, 11) is -7.80. The molecule has 0 radical (unpaired) electrons. The van der Waals surface area contributed by atoms with Crippen LogP contribution in [0.15, 0.2) is 254 Å². The van der Waals surface area contributed by atoms with Crippen molar-refractivity contribution in [3.05, 3.63) is 272 Å². The maximum atomic E-state index is 14.3. The van der Waals surface area contributed by atoms with E-state index in [9.17, 15) is 55.4 Å². The Bertz CT molecular complexity index is 6550. The standard InChI is InChI=1S/C22H31N3O5.C21H22N4O5S.C20H19FN4O5S.C19H20N4O4.C19H17N3O3/c26-21(27)22(10-15-28-16-11-22)30-14-6-4-2-1-3-5-13-29-18-7-8-19(23-17-18)20-9-12-24-25-20;26-21(27)16-4-2-10-25(13-16)31(28,29)18-5-1-3-15(11-18)14-30-17-6-7-19(22-12-17)20-8-9-23-24-20;21-20(19(26)27)7-9-25(13-20)31(28,29)16-3-1-2-14(10-16)12-30-15-4-5-17(22-11-15)18-6-8-23-24-18;1-19(2,18(24)25)12-27-17-9-13(5-7-20-17)11-26-14-3-4-15(21-10-14)16-6-8-22-23-16;23-19(24)16-9-15(16)13-3-1-2-12(8-13)11-25-14-4-5-17(20-10-14)18-6-7-21-22-18/h7-9,12,17H,1-6,10-11,13-16H2,(H,24,25)(H,26,27);1,3,5-9,11-12,16H,2,4,10,13-14H2,(H,23,24)(H,26,27);1-6,8,10-11H,7,9,12-13H2,(H,23,24)(H,26,27);3-10H,11-12H2,1-2H3,(H,22,23)(H,24,25);1-8,10,15-16H,9,11H2,(H,21,22)(H,23,24). The number of carbonyl (C=O) groups is 5.